The number of nitro groups is 1. The highest BCUT2D eigenvalue weighted by Crippen LogP contribution is 2.18. The number of nitrogens with one attached hydrogen (secondary N) is 1. The summed E-state index contributed by atoms with van der Waals surface area (Å²) in [7, 11) is 0. The molecule has 3 aromatic rings. The minimum Gasteiger partial charge on any atom is -0.348 e. The molecule has 1 aromatic heterocycles. The number of benzene rings is 2. The average molecular weight is 336 g/mol. The molecule has 25 heavy (non-hydrogen) atoms. The van der Waals surface area contributed by atoms with Crippen LogP contribution in [0.5, 0.6) is 0 Å². The minimum absolute atomic E-state index is 0.00615. The molecular weight excluding hydrogens is 320 g/mol. The van der Waals surface area contributed by atoms with E-state index < -0.39 is 4.92 Å². The lowest BCUT2D eigenvalue weighted by Crippen LogP contribution is -2.22. The maximum atomic E-state index is 12.2. The first kappa shape index (κ1) is 16.4. The van der Waals surface area contributed by atoms with Gasteiger partial charge in [-0.15, -0.1) is 0 Å². The third-order valence-electron chi connectivity index (χ3n) is 3.85. The first-order chi connectivity index (χ1) is 12.0. The van der Waals surface area contributed by atoms with Gasteiger partial charge in [0.2, 0.25) is 0 Å². The standard InChI is InChI=1S/C18H16N4O3/c1-13-10-15(4-7-17(13)22(24)25)18(23)20-11-14-2-5-16(6-3-14)21-9-8-19-12-21/h2-10,12H,11H2,1H3,(H,20,23). The Balaban J connectivity index is 1.64. The van der Waals surface area contributed by atoms with Crippen molar-refractivity contribution >= 4 is 11.6 Å². The van der Waals surface area contributed by atoms with Crippen LogP contribution in [0.15, 0.2) is 61.2 Å². The van der Waals surface area contributed by atoms with E-state index in [0.29, 0.717) is 17.7 Å². The molecule has 0 saturated carbocycles. The van der Waals surface area contributed by atoms with Gasteiger partial charge in [0.05, 0.1) is 11.3 Å². The second-order valence-electron chi connectivity index (χ2n) is 5.58. The summed E-state index contributed by atoms with van der Waals surface area (Å²) in [4.78, 5) is 26.6. The van der Waals surface area contributed by atoms with Gasteiger partial charge in [-0.2, -0.15) is 0 Å². The highest BCUT2D eigenvalue weighted by Gasteiger charge is 2.13. The van der Waals surface area contributed by atoms with Crippen LogP contribution >= 0.6 is 0 Å². The number of hydrogen-bond acceptors (Lipinski definition) is 4. The number of carbonyl (C=O) groups excluding carboxylic acids is 1. The molecule has 0 aliphatic carbocycles. The number of nitrogens with zero attached hydrogens (tertiary/aromatic N) is 3. The fraction of sp³-hybridized carbons (Fsp3) is 0.111. The maximum absolute atomic E-state index is 12.2. The lowest BCUT2D eigenvalue weighted by Gasteiger charge is -2.08. The zero-order valence-corrected chi connectivity index (χ0v) is 13.5. The Morgan fingerprint density at radius 3 is 2.60 bits per heavy atom. The van der Waals surface area contributed by atoms with Crippen LogP contribution in [0.25, 0.3) is 5.69 Å². The van der Waals surface area contributed by atoms with Gasteiger partial charge in [0.15, 0.2) is 0 Å². The monoisotopic (exact) mass is 336 g/mol. The molecule has 3 rings (SSSR count). The van der Waals surface area contributed by atoms with E-state index in [-0.39, 0.29) is 11.6 Å². The van der Waals surface area contributed by atoms with E-state index in [9.17, 15) is 14.9 Å². The zero-order chi connectivity index (χ0) is 17.8. The van der Waals surface area contributed by atoms with E-state index in [2.05, 4.69) is 10.3 Å². The Hall–Kier alpha value is -3.48. The molecule has 126 valence electrons. The number of aryl methyl sites for hydroxylation is 1. The van der Waals surface area contributed by atoms with E-state index >= 15 is 0 Å². The summed E-state index contributed by atoms with van der Waals surface area (Å²) in [5, 5.41) is 13.6. The van der Waals surface area contributed by atoms with Gasteiger partial charge < -0.3 is 9.88 Å². The molecule has 7 nitrogen and oxygen atoms in total. The fourth-order valence-corrected chi connectivity index (χ4v) is 2.48. The summed E-state index contributed by atoms with van der Waals surface area (Å²) in [6.45, 7) is 1.99. The molecule has 0 radical (unpaired) electrons. The largest absolute Gasteiger partial charge is 0.348 e. The van der Waals surface area contributed by atoms with Crippen LogP contribution in [0.2, 0.25) is 0 Å². The van der Waals surface area contributed by atoms with Crippen LogP contribution in [0.1, 0.15) is 21.5 Å². The van der Waals surface area contributed by atoms with Crippen LogP contribution < -0.4 is 5.32 Å². The lowest BCUT2D eigenvalue weighted by atomic mass is 10.1. The van der Waals surface area contributed by atoms with Gasteiger partial charge in [0, 0.05) is 41.8 Å². The molecule has 1 N–H and O–H groups in total. The number of nitro benzene ring substituents is 1. The van der Waals surface area contributed by atoms with Crippen molar-refractivity contribution in [3.8, 4) is 5.69 Å². The van der Waals surface area contributed by atoms with Crippen LogP contribution in [0, 0.1) is 17.0 Å². The van der Waals surface area contributed by atoms with Crippen molar-refractivity contribution in [2.24, 2.45) is 0 Å². The van der Waals surface area contributed by atoms with Gasteiger partial charge in [-0.1, -0.05) is 12.1 Å². The van der Waals surface area contributed by atoms with E-state index in [1.165, 1.54) is 18.2 Å². The van der Waals surface area contributed by atoms with Crippen molar-refractivity contribution in [3.05, 3.63) is 88.0 Å². The molecule has 0 fully saturated rings. The highest BCUT2D eigenvalue weighted by molar-refractivity contribution is 5.94. The lowest BCUT2D eigenvalue weighted by molar-refractivity contribution is -0.385. The van der Waals surface area contributed by atoms with Crippen molar-refractivity contribution in [1.29, 1.82) is 0 Å². The third kappa shape index (κ3) is 3.72. The fourth-order valence-electron chi connectivity index (χ4n) is 2.48. The van der Waals surface area contributed by atoms with Gasteiger partial charge >= 0.3 is 0 Å². The Morgan fingerprint density at radius 2 is 2.00 bits per heavy atom. The summed E-state index contributed by atoms with van der Waals surface area (Å²) >= 11 is 0. The maximum Gasteiger partial charge on any atom is 0.272 e. The van der Waals surface area contributed by atoms with E-state index in [4.69, 9.17) is 0 Å². The van der Waals surface area contributed by atoms with Gasteiger partial charge in [-0.25, -0.2) is 4.98 Å². The van der Waals surface area contributed by atoms with Crippen molar-refractivity contribution in [1.82, 2.24) is 14.9 Å². The van der Waals surface area contributed by atoms with Crippen LogP contribution in [0.4, 0.5) is 5.69 Å². The molecule has 1 heterocycles. The van der Waals surface area contributed by atoms with E-state index in [1.54, 1.807) is 19.4 Å². The van der Waals surface area contributed by atoms with Crippen LogP contribution in [0.3, 0.4) is 0 Å². The smallest absolute Gasteiger partial charge is 0.272 e. The molecule has 1 amide bonds. The van der Waals surface area contributed by atoms with Gasteiger partial charge in [-0.3, -0.25) is 14.9 Å². The second kappa shape index (κ2) is 6.96. The summed E-state index contributed by atoms with van der Waals surface area (Å²) in [6, 6.07) is 12.1. The van der Waals surface area contributed by atoms with Crippen molar-refractivity contribution in [3.63, 3.8) is 0 Å². The quantitative estimate of drug-likeness (QED) is 0.573. The Morgan fingerprint density at radius 1 is 1.24 bits per heavy atom. The first-order valence-electron chi connectivity index (χ1n) is 7.65. The molecule has 7 heteroatoms. The topological polar surface area (TPSA) is 90.1 Å². The number of imidazole rings is 1. The van der Waals surface area contributed by atoms with Crippen molar-refractivity contribution in [2.75, 3.05) is 0 Å². The third-order valence-corrected chi connectivity index (χ3v) is 3.85. The van der Waals surface area contributed by atoms with Crippen molar-refractivity contribution in [2.45, 2.75) is 13.5 Å². The molecule has 0 spiro atoms. The average Bonchev–Trinajstić information content (AvgIpc) is 3.14. The number of hydrogen-bond donors (Lipinski definition) is 1. The van der Waals surface area contributed by atoms with Gasteiger partial charge in [0.1, 0.15) is 0 Å². The summed E-state index contributed by atoms with van der Waals surface area (Å²) in [5.74, 6) is -0.267. The highest BCUT2D eigenvalue weighted by atomic mass is 16.6. The molecular formula is C18H16N4O3. The number of aromatic nitrogens is 2. The predicted molar refractivity (Wildman–Crippen MR) is 92.6 cm³/mol. The first-order valence-corrected chi connectivity index (χ1v) is 7.65. The van der Waals surface area contributed by atoms with Crippen LogP contribution in [-0.2, 0) is 6.54 Å². The molecule has 0 aliphatic rings. The van der Waals surface area contributed by atoms with Crippen LogP contribution in [-0.4, -0.2) is 20.4 Å². The minimum atomic E-state index is -0.459. The Labute approximate surface area is 144 Å². The molecule has 0 bridgehead atoms. The summed E-state index contributed by atoms with van der Waals surface area (Å²) in [6.07, 6.45) is 5.28. The Kier molecular flexibility index (Phi) is 4.56. The van der Waals surface area contributed by atoms with Crippen molar-refractivity contribution < 1.29 is 9.72 Å². The molecule has 0 aliphatic heterocycles. The number of carbonyl (C=O) groups is 1. The molecule has 2 aromatic carbocycles. The van der Waals surface area contributed by atoms with E-state index in [1.807, 2.05) is 35.0 Å². The number of amides is 1. The molecule has 0 atom stereocenters. The zero-order valence-electron chi connectivity index (χ0n) is 13.5. The normalized spacial score (nSPS) is 10.4. The van der Waals surface area contributed by atoms with Gasteiger partial charge in [0.25, 0.3) is 11.6 Å². The predicted octanol–water partition coefficient (Wildman–Crippen LogP) is 3.02. The Bertz CT molecular complexity index is 903. The summed E-state index contributed by atoms with van der Waals surface area (Å²) < 4.78 is 1.89. The summed E-state index contributed by atoms with van der Waals surface area (Å²) in [5.41, 5.74) is 2.81. The molecule has 0 unspecified atom stereocenters. The number of rotatable bonds is 5. The second-order valence-corrected chi connectivity index (χ2v) is 5.58. The molecule has 0 saturated heterocycles. The van der Waals surface area contributed by atoms with E-state index in [0.717, 1.165) is 11.3 Å². The van der Waals surface area contributed by atoms with Gasteiger partial charge in [-0.05, 0) is 36.8 Å². The SMILES string of the molecule is Cc1cc(C(=O)NCc2ccc(-n3ccnc3)cc2)ccc1[N+](=O)[O-].